The van der Waals surface area contributed by atoms with Gasteiger partial charge in [0.25, 0.3) is 5.56 Å². The third kappa shape index (κ3) is 4.04. The van der Waals surface area contributed by atoms with E-state index < -0.39 is 17.2 Å². The second-order valence-electron chi connectivity index (χ2n) is 7.30. The van der Waals surface area contributed by atoms with Crippen LogP contribution in [0.4, 0.5) is 0 Å². The van der Waals surface area contributed by atoms with Gasteiger partial charge in [-0.3, -0.25) is 14.2 Å². The fourth-order valence-corrected chi connectivity index (χ4v) is 3.55. The van der Waals surface area contributed by atoms with E-state index in [2.05, 4.69) is 5.32 Å². The zero-order valence-corrected chi connectivity index (χ0v) is 17.8. The highest BCUT2D eigenvalue weighted by Gasteiger charge is 2.17. The molecule has 2 heterocycles. The van der Waals surface area contributed by atoms with Crippen molar-refractivity contribution in [1.29, 1.82) is 0 Å². The number of rotatable bonds is 5. The molecule has 0 saturated carbocycles. The standard InChI is InChI=1S/C23H20ClN3O4/c1-14-5-7-17(10-15(14)2)27-22(29)19-8-6-16(24)11-20(19)26(23(27)30)13-21(28)25-12-18-4-3-9-31-18/h3-11H,12-13H2,1-2H3,(H,25,28). The molecule has 4 rings (SSSR count). The summed E-state index contributed by atoms with van der Waals surface area (Å²) in [6.07, 6.45) is 1.51. The van der Waals surface area contributed by atoms with Crippen molar-refractivity contribution in [2.45, 2.75) is 26.9 Å². The van der Waals surface area contributed by atoms with E-state index >= 15 is 0 Å². The Morgan fingerprint density at radius 1 is 1.06 bits per heavy atom. The number of aromatic nitrogens is 2. The van der Waals surface area contributed by atoms with Gasteiger partial charge in [0.1, 0.15) is 12.3 Å². The lowest BCUT2D eigenvalue weighted by molar-refractivity contribution is -0.121. The predicted octanol–water partition coefficient (Wildman–Crippen LogP) is 3.33. The minimum Gasteiger partial charge on any atom is -0.467 e. The number of amides is 1. The maximum Gasteiger partial charge on any atom is 0.336 e. The molecule has 0 unspecified atom stereocenters. The van der Waals surface area contributed by atoms with E-state index in [1.807, 2.05) is 19.9 Å². The van der Waals surface area contributed by atoms with Crippen molar-refractivity contribution in [3.8, 4) is 5.69 Å². The molecule has 0 bridgehead atoms. The Balaban J connectivity index is 1.83. The van der Waals surface area contributed by atoms with Crippen LogP contribution in [0.15, 0.2) is 68.8 Å². The first-order chi connectivity index (χ1) is 14.8. The lowest BCUT2D eigenvalue weighted by Gasteiger charge is -2.15. The fourth-order valence-electron chi connectivity index (χ4n) is 3.38. The van der Waals surface area contributed by atoms with Gasteiger partial charge in [0, 0.05) is 5.02 Å². The minimum atomic E-state index is -0.615. The first-order valence-corrected chi connectivity index (χ1v) is 10.0. The van der Waals surface area contributed by atoms with Crippen LogP contribution in [0.5, 0.6) is 0 Å². The second kappa shape index (κ2) is 8.28. The number of nitrogens with zero attached hydrogens (tertiary/aromatic N) is 2. The molecule has 4 aromatic rings. The van der Waals surface area contributed by atoms with Crippen molar-refractivity contribution in [3.05, 3.63) is 97.5 Å². The van der Waals surface area contributed by atoms with Crippen LogP contribution in [-0.2, 0) is 17.9 Å². The Hall–Kier alpha value is -3.58. The van der Waals surface area contributed by atoms with Crippen molar-refractivity contribution in [2.75, 3.05) is 0 Å². The molecule has 1 N–H and O–H groups in total. The summed E-state index contributed by atoms with van der Waals surface area (Å²) in [5, 5.41) is 3.37. The molecule has 0 atom stereocenters. The number of hydrogen-bond donors (Lipinski definition) is 1. The van der Waals surface area contributed by atoms with Crippen LogP contribution >= 0.6 is 11.6 Å². The van der Waals surface area contributed by atoms with E-state index in [-0.39, 0.29) is 13.1 Å². The van der Waals surface area contributed by atoms with E-state index in [9.17, 15) is 14.4 Å². The fraction of sp³-hybridized carbons (Fsp3) is 0.174. The number of aryl methyl sites for hydroxylation is 2. The summed E-state index contributed by atoms with van der Waals surface area (Å²) in [6.45, 7) is 3.77. The molecule has 0 aliphatic rings. The third-order valence-corrected chi connectivity index (χ3v) is 5.43. The summed E-state index contributed by atoms with van der Waals surface area (Å²) in [7, 11) is 0. The van der Waals surface area contributed by atoms with E-state index in [0.717, 1.165) is 15.7 Å². The highest BCUT2D eigenvalue weighted by Crippen LogP contribution is 2.17. The quantitative estimate of drug-likeness (QED) is 0.519. The van der Waals surface area contributed by atoms with Crippen LogP contribution in [0, 0.1) is 13.8 Å². The molecular formula is C23H20ClN3O4. The summed E-state index contributed by atoms with van der Waals surface area (Å²) >= 11 is 6.12. The van der Waals surface area contributed by atoms with Crippen LogP contribution in [0.1, 0.15) is 16.9 Å². The molecule has 1 amide bonds. The summed E-state index contributed by atoms with van der Waals surface area (Å²) in [6, 6.07) is 13.5. The number of nitrogens with one attached hydrogen (secondary N) is 1. The molecule has 31 heavy (non-hydrogen) atoms. The van der Waals surface area contributed by atoms with Gasteiger partial charge in [0.2, 0.25) is 5.91 Å². The molecule has 0 radical (unpaired) electrons. The second-order valence-corrected chi connectivity index (χ2v) is 7.73. The molecule has 0 fully saturated rings. The molecule has 8 heteroatoms. The van der Waals surface area contributed by atoms with E-state index in [4.69, 9.17) is 16.0 Å². The Kier molecular flexibility index (Phi) is 5.52. The van der Waals surface area contributed by atoms with Crippen LogP contribution < -0.4 is 16.6 Å². The van der Waals surface area contributed by atoms with Gasteiger partial charge in [-0.05, 0) is 67.4 Å². The lowest BCUT2D eigenvalue weighted by Crippen LogP contribution is -2.41. The Morgan fingerprint density at radius 2 is 1.87 bits per heavy atom. The molecule has 158 valence electrons. The van der Waals surface area contributed by atoms with Gasteiger partial charge in [-0.15, -0.1) is 0 Å². The average Bonchev–Trinajstić information content (AvgIpc) is 3.26. The van der Waals surface area contributed by atoms with Crippen molar-refractivity contribution >= 4 is 28.4 Å². The van der Waals surface area contributed by atoms with Gasteiger partial charge in [-0.1, -0.05) is 17.7 Å². The van der Waals surface area contributed by atoms with Crippen molar-refractivity contribution < 1.29 is 9.21 Å². The van der Waals surface area contributed by atoms with Crippen molar-refractivity contribution in [3.63, 3.8) is 0 Å². The van der Waals surface area contributed by atoms with Crippen molar-refractivity contribution in [2.24, 2.45) is 0 Å². The maximum atomic E-state index is 13.4. The first kappa shape index (κ1) is 20.7. The topological polar surface area (TPSA) is 86.2 Å². The predicted molar refractivity (Wildman–Crippen MR) is 119 cm³/mol. The Bertz CT molecular complexity index is 1400. The third-order valence-electron chi connectivity index (χ3n) is 5.20. The van der Waals surface area contributed by atoms with Crippen LogP contribution in [0.2, 0.25) is 5.02 Å². The molecule has 0 saturated heterocycles. The largest absolute Gasteiger partial charge is 0.467 e. The van der Waals surface area contributed by atoms with E-state index in [1.54, 1.807) is 36.4 Å². The van der Waals surface area contributed by atoms with E-state index in [0.29, 0.717) is 27.4 Å². The number of hydrogen-bond acceptors (Lipinski definition) is 4. The van der Waals surface area contributed by atoms with Gasteiger partial charge in [-0.25, -0.2) is 9.36 Å². The van der Waals surface area contributed by atoms with Gasteiger partial charge in [0.05, 0.1) is 29.4 Å². The van der Waals surface area contributed by atoms with Crippen LogP contribution in [0.25, 0.3) is 16.6 Å². The van der Waals surface area contributed by atoms with Crippen LogP contribution in [-0.4, -0.2) is 15.0 Å². The smallest absolute Gasteiger partial charge is 0.336 e. The van der Waals surface area contributed by atoms with Crippen LogP contribution in [0.3, 0.4) is 0 Å². The molecule has 0 aliphatic carbocycles. The zero-order valence-electron chi connectivity index (χ0n) is 17.0. The van der Waals surface area contributed by atoms with Gasteiger partial charge < -0.3 is 9.73 Å². The zero-order chi connectivity index (χ0) is 22.1. The number of fused-ring (bicyclic) bond motifs is 1. The number of carbonyl (C=O) groups is 1. The normalized spacial score (nSPS) is 11.1. The summed E-state index contributed by atoms with van der Waals surface area (Å²) in [5.41, 5.74) is 1.66. The lowest BCUT2D eigenvalue weighted by atomic mass is 10.1. The number of carbonyl (C=O) groups excluding carboxylic acids is 1. The molecule has 0 aliphatic heterocycles. The summed E-state index contributed by atoms with van der Waals surface area (Å²) < 4.78 is 7.56. The minimum absolute atomic E-state index is 0.191. The van der Waals surface area contributed by atoms with Crippen molar-refractivity contribution in [1.82, 2.24) is 14.5 Å². The molecule has 0 spiro atoms. The number of furan rings is 1. The van der Waals surface area contributed by atoms with Gasteiger partial charge in [0.15, 0.2) is 0 Å². The van der Waals surface area contributed by atoms with Gasteiger partial charge in [-0.2, -0.15) is 0 Å². The molecular weight excluding hydrogens is 418 g/mol. The Labute approximate surface area is 182 Å². The SMILES string of the molecule is Cc1ccc(-n2c(=O)c3ccc(Cl)cc3n(CC(=O)NCc3ccco3)c2=O)cc1C. The molecule has 7 nitrogen and oxygen atoms in total. The average molecular weight is 438 g/mol. The maximum absolute atomic E-state index is 13.4. The summed E-state index contributed by atoms with van der Waals surface area (Å²) in [4.78, 5) is 39.1. The van der Waals surface area contributed by atoms with E-state index in [1.165, 1.54) is 16.9 Å². The van der Waals surface area contributed by atoms with Gasteiger partial charge >= 0.3 is 5.69 Å². The highest BCUT2D eigenvalue weighted by molar-refractivity contribution is 6.31. The summed E-state index contributed by atoms with van der Waals surface area (Å²) in [5.74, 6) is 0.193. The monoisotopic (exact) mass is 437 g/mol. The molecule has 2 aromatic carbocycles. The highest BCUT2D eigenvalue weighted by atomic mass is 35.5. The number of benzene rings is 2. The Morgan fingerprint density at radius 3 is 2.58 bits per heavy atom. The molecule has 2 aromatic heterocycles. The number of halogens is 1. The first-order valence-electron chi connectivity index (χ1n) is 9.67.